The molecule has 1 aromatic rings. The molecular formula is C14H22N4O2. The maximum Gasteiger partial charge on any atom is 0.224 e. The average Bonchev–Trinajstić information content (AvgIpc) is 2.48. The van der Waals surface area contributed by atoms with Crippen molar-refractivity contribution >= 4 is 11.7 Å². The van der Waals surface area contributed by atoms with E-state index in [1.807, 2.05) is 6.92 Å². The lowest BCUT2D eigenvalue weighted by molar-refractivity contribution is -0.125. The van der Waals surface area contributed by atoms with Crippen LogP contribution < -0.4 is 15.4 Å². The summed E-state index contributed by atoms with van der Waals surface area (Å²) in [6.07, 6.45) is 5.61. The topological polar surface area (TPSA) is 76.1 Å². The molecule has 1 aliphatic carbocycles. The molecule has 2 rings (SSSR count). The molecule has 0 bridgehead atoms. The van der Waals surface area contributed by atoms with Crippen LogP contribution in [-0.2, 0) is 4.79 Å². The number of ether oxygens (including phenoxy) is 1. The normalized spacial score (nSPS) is 22.1. The summed E-state index contributed by atoms with van der Waals surface area (Å²) in [7, 11) is 1.69. The molecule has 0 aliphatic heterocycles. The average molecular weight is 278 g/mol. The molecule has 2 atom stereocenters. The SMILES string of the molecule is CCOc1cc(N[C@@H]2CCCC[C@H]2C(=O)NC)ncn1. The summed E-state index contributed by atoms with van der Waals surface area (Å²) in [5.41, 5.74) is 0. The molecule has 0 saturated heterocycles. The predicted molar refractivity (Wildman–Crippen MR) is 76.6 cm³/mol. The second-order valence-electron chi connectivity index (χ2n) is 4.93. The van der Waals surface area contributed by atoms with E-state index in [-0.39, 0.29) is 17.9 Å². The molecule has 1 aliphatic rings. The van der Waals surface area contributed by atoms with E-state index < -0.39 is 0 Å². The Bertz CT molecular complexity index is 453. The van der Waals surface area contributed by atoms with Gasteiger partial charge in [-0.2, -0.15) is 0 Å². The smallest absolute Gasteiger partial charge is 0.224 e. The number of amides is 1. The number of hydrogen-bond donors (Lipinski definition) is 2. The molecule has 20 heavy (non-hydrogen) atoms. The van der Waals surface area contributed by atoms with Crippen molar-refractivity contribution in [2.45, 2.75) is 38.6 Å². The zero-order valence-corrected chi connectivity index (χ0v) is 12.1. The Morgan fingerprint density at radius 3 is 2.95 bits per heavy atom. The summed E-state index contributed by atoms with van der Waals surface area (Å²) < 4.78 is 5.36. The van der Waals surface area contributed by atoms with Crippen molar-refractivity contribution in [3.63, 3.8) is 0 Å². The fourth-order valence-corrected chi connectivity index (χ4v) is 2.64. The van der Waals surface area contributed by atoms with Gasteiger partial charge >= 0.3 is 0 Å². The highest BCUT2D eigenvalue weighted by Crippen LogP contribution is 2.27. The molecule has 6 nitrogen and oxygen atoms in total. The Balaban J connectivity index is 2.06. The van der Waals surface area contributed by atoms with Gasteiger partial charge < -0.3 is 15.4 Å². The van der Waals surface area contributed by atoms with Crippen LogP contribution in [0.15, 0.2) is 12.4 Å². The number of nitrogens with one attached hydrogen (secondary N) is 2. The monoisotopic (exact) mass is 278 g/mol. The highest BCUT2D eigenvalue weighted by Gasteiger charge is 2.30. The largest absolute Gasteiger partial charge is 0.478 e. The van der Waals surface area contributed by atoms with Crippen molar-refractivity contribution in [2.24, 2.45) is 5.92 Å². The second kappa shape index (κ2) is 7.07. The van der Waals surface area contributed by atoms with Gasteiger partial charge in [-0.25, -0.2) is 9.97 Å². The Hall–Kier alpha value is -1.85. The van der Waals surface area contributed by atoms with Gasteiger partial charge in [-0.1, -0.05) is 12.8 Å². The Labute approximate surface area is 119 Å². The van der Waals surface area contributed by atoms with Crippen LogP contribution in [0.4, 0.5) is 5.82 Å². The van der Waals surface area contributed by atoms with E-state index in [1.165, 1.54) is 6.33 Å². The van der Waals surface area contributed by atoms with Crippen molar-refractivity contribution in [3.8, 4) is 5.88 Å². The van der Waals surface area contributed by atoms with Gasteiger partial charge in [0.05, 0.1) is 12.5 Å². The van der Waals surface area contributed by atoms with E-state index in [9.17, 15) is 4.79 Å². The first-order valence-electron chi connectivity index (χ1n) is 7.17. The summed E-state index contributed by atoms with van der Waals surface area (Å²) in [6.45, 7) is 2.48. The van der Waals surface area contributed by atoms with Gasteiger partial charge in [0.2, 0.25) is 11.8 Å². The lowest BCUT2D eigenvalue weighted by atomic mass is 9.84. The third-order valence-corrected chi connectivity index (χ3v) is 3.62. The van der Waals surface area contributed by atoms with Crippen molar-refractivity contribution < 1.29 is 9.53 Å². The number of hydrogen-bond acceptors (Lipinski definition) is 5. The van der Waals surface area contributed by atoms with Crippen LogP contribution in [0.2, 0.25) is 0 Å². The molecule has 0 spiro atoms. The highest BCUT2D eigenvalue weighted by atomic mass is 16.5. The van der Waals surface area contributed by atoms with Gasteiger partial charge in [-0.15, -0.1) is 0 Å². The van der Waals surface area contributed by atoms with Gasteiger partial charge in [0, 0.05) is 19.2 Å². The number of aromatic nitrogens is 2. The first kappa shape index (κ1) is 14.6. The van der Waals surface area contributed by atoms with Crippen molar-refractivity contribution in [2.75, 3.05) is 19.0 Å². The molecule has 1 heterocycles. The predicted octanol–water partition coefficient (Wildman–Crippen LogP) is 1.59. The van der Waals surface area contributed by atoms with Gasteiger partial charge in [0.15, 0.2) is 0 Å². The quantitative estimate of drug-likeness (QED) is 0.855. The molecule has 110 valence electrons. The summed E-state index contributed by atoms with van der Waals surface area (Å²) in [5.74, 6) is 1.36. The van der Waals surface area contributed by atoms with Gasteiger partial charge in [0.25, 0.3) is 0 Å². The first-order chi connectivity index (χ1) is 9.74. The van der Waals surface area contributed by atoms with Crippen LogP contribution in [-0.4, -0.2) is 35.6 Å². The van der Waals surface area contributed by atoms with Gasteiger partial charge in [-0.05, 0) is 19.8 Å². The Kier molecular flexibility index (Phi) is 5.15. The number of nitrogens with zero attached hydrogens (tertiary/aromatic N) is 2. The molecule has 1 amide bonds. The summed E-state index contributed by atoms with van der Waals surface area (Å²) >= 11 is 0. The maximum atomic E-state index is 11.9. The third kappa shape index (κ3) is 3.59. The standard InChI is InChI=1S/C14H22N4O2/c1-3-20-13-8-12(16-9-17-13)18-11-7-5-4-6-10(11)14(19)15-2/h8-11H,3-7H2,1-2H3,(H,15,19)(H,16,17,18)/t10-,11-/m1/s1. The molecule has 6 heteroatoms. The molecule has 1 fully saturated rings. The number of carbonyl (C=O) groups is 1. The van der Waals surface area contributed by atoms with E-state index in [0.717, 1.165) is 25.7 Å². The zero-order valence-electron chi connectivity index (χ0n) is 12.1. The molecule has 0 aromatic carbocycles. The lowest BCUT2D eigenvalue weighted by Crippen LogP contribution is -2.42. The molecule has 0 radical (unpaired) electrons. The molecule has 1 aromatic heterocycles. The molecule has 1 saturated carbocycles. The second-order valence-corrected chi connectivity index (χ2v) is 4.93. The molecule has 2 N–H and O–H groups in total. The number of rotatable bonds is 5. The Morgan fingerprint density at radius 1 is 1.40 bits per heavy atom. The Morgan fingerprint density at radius 2 is 2.20 bits per heavy atom. The highest BCUT2D eigenvalue weighted by molar-refractivity contribution is 5.79. The van der Waals surface area contributed by atoms with Gasteiger partial charge in [0.1, 0.15) is 12.1 Å². The third-order valence-electron chi connectivity index (χ3n) is 3.62. The summed E-state index contributed by atoms with van der Waals surface area (Å²) in [4.78, 5) is 20.2. The zero-order chi connectivity index (χ0) is 14.4. The number of anilines is 1. The summed E-state index contributed by atoms with van der Waals surface area (Å²) in [6, 6.07) is 1.90. The lowest BCUT2D eigenvalue weighted by Gasteiger charge is -2.31. The fraction of sp³-hybridized carbons (Fsp3) is 0.643. The van der Waals surface area contributed by atoms with E-state index in [1.54, 1.807) is 13.1 Å². The van der Waals surface area contributed by atoms with Crippen LogP contribution >= 0.6 is 0 Å². The van der Waals surface area contributed by atoms with Crippen LogP contribution in [0.3, 0.4) is 0 Å². The molecule has 0 unspecified atom stereocenters. The number of carbonyl (C=O) groups excluding carboxylic acids is 1. The van der Waals surface area contributed by atoms with E-state index in [2.05, 4.69) is 20.6 Å². The summed E-state index contributed by atoms with van der Waals surface area (Å²) in [5, 5.41) is 6.10. The van der Waals surface area contributed by atoms with E-state index in [0.29, 0.717) is 18.3 Å². The maximum absolute atomic E-state index is 11.9. The first-order valence-corrected chi connectivity index (χ1v) is 7.17. The van der Waals surface area contributed by atoms with Crippen molar-refractivity contribution in [1.29, 1.82) is 0 Å². The molecular weight excluding hydrogens is 256 g/mol. The van der Waals surface area contributed by atoms with Crippen LogP contribution in [0.1, 0.15) is 32.6 Å². The van der Waals surface area contributed by atoms with Crippen LogP contribution in [0.25, 0.3) is 0 Å². The van der Waals surface area contributed by atoms with Crippen LogP contribution in [0.5, 0.6) is 5.88 Å². The minimum Gasteiger partial charge on any atom is -0.478 e. The van der Waals surface area contributed by atoms with E-state index >= 15 is 0 Å². The van der Waals surface area contributed by atoms with Gasteiger partial charge in [-0.3, -0.25) is 4.79 Å². The minimum atomic E-state index is -0.000686. The minimum absolute atomic E-state index is 0.000686. The fourth-order valence-electron chi connectivity index (χ4n) is 2.64. The van der Waals surface area contributed by atoms with Crippen LogP contribution in [0, 0.1) is 5.92 Å². The van der Waals surface area contributed by atoms with Crippen molar-refractivity contribution in [3.05, 3.63) is 12.4 Å². The van der Waals surface area contributed by atoms with E-state index in [4.69, 9.17) is 4.74 Å². The van der Waals surface area contributed by atoms with Crippen molar-refractivity contribution in [1.82, 2.24) is 15.3 Å².